The second kappa shape index (κ2) is 9.93. The van der Waals surface area contributed by atoms with Crippen molar-refractivity contribution in [1.29, 1.82) is 0 Å². The largest absolute Gasteiger partial charge is 0.469 e. The molecule has 1 atom stereocenters. The van der Waals surface area contributed by atoms with E-state index in [0.717, 1.165) is 19.4 Å². The molecule has 0 aliphatic heterocycles. The summed E-state index contributed by atoms with van der Waals surface area (Å²) < 4.78 is 15.2. The summed E-state index contributed by atoms with van der Waals surface area (Å²) in [6.45, 7) is 5.87. The number of hydrogen-bond donors (Lipinski definition) is 0. The minimum Gasteiger partial charge on any atom is -0.469 e. The van der Waals surface area contributed by atoms with Gasteiger partial charge in [-0.05, 0) is 13.3 Å². The summed E-state index contributed by atoms with van der Waals surface area (Å²) >= 11 is 0. The lowest BCUT2D eigenvalue weighted by atomic mass is 10.3. The molecule has 0 aromatic carbocycles. The van der Waals surface area contributed by atoms with Crippen LogP contribution in [0.5, 0.6) is 0 Å². The van der Waals surface area contributed by atoms with Crippen LogP contribution in [0.25, 0.3) is 0 Å². The lowest BCUT2D eigenvalue weighted by molar-refractivity contribution is -0.143. The van der Waals surface area contributed by atoms with Crippen LogP contribution in [0, 0.1) is 0 Å². The number of ether oxygens (including phenoxy) is 3. The van der Waals surface area contributed by atoms with Crippen LogP contribution < -0.4 is 0 Å². The molecule has 0 radical (unpaired) electrons. The van der Waals surface area contributed by atoms with Crippen molar-refractivity contribution in [3.8, 4) is 0 Å². The van der Waals surface area contributed by atoms with E-state index in [2.05, 4.69) is 11.7 Å². The quantitative estimate of drug-likeness (QED) is 0.437. The third-order valence-corrected chi connectivity index (χ3v) is 1.95. The van der Waals surface area contributed by atoms with Crippen molar-refractivity contribution < 1.29 is 19.0 Å². The van der Waals surface area contributed by atoms with Gasteiger partial charge in [0, 0.05) is 6.61 Å². The second-order valence-electron chi connectivity index (χ2n) is 3.43. The number of carbonyl (C=O) groups excluding carboxylic acids is 1. The van der Waals surface area contributed by atoms with Crippen LogP contribution in [0.1, 0.15) is 33.1 Å². The maximum Gasteiger partial charge on any atom is 0.308 e. The van der Waals surface area contributed by atoms with Gasteiger partial charge in [0.05, 0.1) is 32.8 Å². The zero-order chi connectivity index (χ0) is 11.5. The fourth-order valence-electron chi connectivity index (χ4n) is 1.03. The summed E-state index contributed by atoms with van der Waals surface area (Å²) in [7, 11) is 1.38. The Morgan fingerprint density at radius 2 is 2.00 bits per heavy atom. The van der Waals surface area contributed by atoms with E-state index in [4.69, 9.17) is 9.47 Å². The molecule has 4 heteroatoms. The summed E-state index contributed by atoms with van der Waals surface area (Å²) in [6, 6.07) is 0. The predicted molar refractivity (Wildman–Crippen MR) is 57.8 cm³/mol. The smallest absolute Gasteiger partial charge is 0.308 e. The average molecular weight is 218 g/mol. The van der Waals surface area contributed by atoms with Gasteiger partial charge in [-0.2, -0.15) is 0 Å². The van der Waals surface area contributed by atoms with Gasteiger partial charge in [-0.3, -0.25) is 4.79 Å². The molecule has 0 saturated carbocycles. The van der Waals surface area contributed by atoms with Crippen molar-refractivity contribution in [2.45, 2.75) is 39.2 Å². The molecule has 4 nitrogen and oxygen atoms in total. The van der Waals surface area contributed by atoms with E-state index < -0.39 is 0 Å². The molecule has 0 heterocycles. The fourth-order valence-corrected chi connectivity index (χ4v) is 1.03. The molecule has 90 valence electrons. The third-order valence-electron chi connectivity index (χ3n) is 1.95. The van der Waals surface area contributed by atoms with Gasteiger partial charge in [0.25, 0.3) is 0 Å². The topological polar surface area (TPSA) is 44.8 Å². The maximum atomic E-state index is 10.9. The highest BCUT2D eigenvalue weighted by molar-refractivity contribution is 5.69. The normalized spacial score (nSPS) is 12.5. The molecule has 1 unspecified atom stereocenters. The minimum atomic E-state index is -0.241. The van der Waals surface area contributed by atoms with E-state index in [0.29, 0.717) is 19.6 Å². The molecule has 0 fully saturated rings. The van der Waals surface area contributed by atoms with Gasteiger partial charge in [0.1, 0.15) is 0 Å². The van der Waals surface area contributed by atoms with Crippen molar-refractivity contribution in [3.05, 3.63) is 0 Å². The van der Waals surface area contributed by atoms with Crippen molar-refractivity contribution in [3.63, 3.8) is 0 Å². The monoisotopic (exact) mass is 218 g/mol. The molecule has 0 saturated heterocycles. The van der Waals surface area contributed by atoms with E-state index in [-0.39, 0.29) is 12.1 Å². The lowest BCUT2D eigenvalue weighted by Gasteiger charge is -2.11. The van der Waals surface area contributed by atoms with E-state index in [1.165, 1.54) is 7.11 Å². The Labute approximate surface area is 91.9 Å². The van der Waals surface area contributed by atoms with Crippen molar-refractivity contribution in [2.24, 2.45) is 0 Å². The van der Waals surface area contributed by atoms with Crippen molar-refractivity contribution in [1.82, 2.24) is 0 Å². The molecule has 0 aliphatic rings. The molecular formula is C11H22O4. The first-order chi connectivity index (χ1) is 7.20. The Morgan fingerprint density at radius 3 is 2.60 bits per heavy atom. The third kappa shape index (κ3) is 9.69. The van der Waals surface area contributed by atoms with Crippen LogP contribution in [0.4, 0.5) is 0 Å². The van der Waals surface area contributed by atoms with Crippen LogP contribution in [-0.2, 0) is 19.0 Å². The number of rotatable bonds is 9. The van der Waals surface area contributed by atoms with Gasteiger partial charge in [-0.15, -0.1) is 0 Å². The summed E-state index contributed by atoms with van der Waals surface area (Å²) in [5.74, 6) is -0.241. The first-order valence-electron chi connectivity index (χ1n) is 5.46. The molecule has 0 amide bonds. The first-order valence-corrected chi connectivity index (χ1v) is 5.46. The number of carbonyl (C=O) groups is 1. The van der Waals surface area contributed by atoms with E-state index in [1.807, 2.05) is 6.92 Å². The highest BCUT2D eigenvalue weighted by Crippen LogP contribution is 1.98. The molecule has 0 aliphatic carbocycles. The minimum absolute atomic E-state index is 0.104. The van der Waals surface area contributed by atoms with Crippen molar-refractivity contribution in [2.75, 3.05) is 26.9 Å². The summed E-state index contributed by atoms with van der Waals surface area (Å²) in [4.78, 5) is 10.9. The number of esters is 1. The van der Waals surface area contributed by atoms with E-state index in [1.54, 1.807) is 0 Å². The predicted octanol–water partition coefficient (Wildman–Crippen LogP) is 1.77. The number of hydrogen-bond acceptors (Lipinski definition) is 4. The summed E-state index contributed by atoms with van der Waals surface area (Å²) in [5.41, 5.74) is 0. The number of methoxy groups -OCH3 is 1. The van der Waals surface area contributed by atoms with Gasteiger partial charge in [-0.25, -0.2) is 0 Å². The van der Waals surface area contributed by atoms with E-state index in [9.17, 15) is 4.79 Å². The van der Waals surface area contributed by atoms with Gasteiger partial charge in [-0.1, -0.05) is 13.3 Å². The highest BCUT2D eigenvalue weighted by atomic mass is 16.5. The molecule has 0 aromatic rings. The van der Waals surface area contributed by atoms with Crippen LogP contribution >= 0.6 is 0 Å². The molecule has 15 heavy (non-hydrogen) atoms. The molecule has 0 bridgehead atoms. The fraction of sp³-hybridized carbons (Fsp3) is 0.909. The zero-order valence-corrected chi connectivity index (χ0v) is 9.95. The Morgan fingerprint density at radius 1 is 1.27 bits per heavy atom. The summed E-state index contributed by atoms with van der Waals surface area (Å²) in [5, 5.41) is 0. The van der Waals surface area contributed by atoms with Crippen LogP contribution in [0.2, 0.25) is 0 Å². The maximum absolute atomic E-state index is 10.9. The Balaban J connectivity index is 3.23. The molecule has 0 aromatic heterocycles. The molecular weight excluding hydrogens is 196 g/mol. The van der Waals surface area contributed by atoms with Crippen LogP contribution in [-0.4, -0.2) is 39.0 Å². The molecule has 0 rings (SSSR count). The Bertz CT molecular complexity index is 159. The number of unbranched alkanes of at least 4 members (excludes halogenated alkanes) is 1. The van der Waals surface area contributed by atoms with Gasteiger partial charge < -0.3 is 14.2 Å². The standard InChI is InChI=1S/C11H22O4/c1-4-5-6-14-7-8-15-10(2)9-11(12)13-3/h10H,4-9H2,1-3H3. The highest BCUT2D eigenvalue weighted by Gasteiger charge is 2.08. The Kier molecular flexibility index (Phi) is 9.52. The first kappa shape index (κ1) is 14.4. The summed E-state index contributed by atoms with van der Waals surface area (Å²) in [6.07, 6.45) is 2.41. The lowest BCUT2D eigenvalue weighted by Crippen LogP contribution is -2.17. The second-order valence-corrected chi connectivity index (χ2v) is 3.43. The van der Waals surface area contributed by atoms with Gasteiger partial charge in [0.2, 0.25) is 0 Å². The zero-order valence-electron chi connectivity index (χ0n) is 9.95. The Hall–Kier alpha value is -0.610. The van der Waals surface area contributed by atoms with Gasteiger partial charge in [0.15, 0.2) is 0 Å². The van der Waals surface area contributed by atoms with Crippen LogP contribution in [0.3, 0.4) is 0 Å². The molecule has 0 N–H and O–H groups in total. The van der Waals surface area contributed by atoms with Crippen molar-refractivity contribution >= 4 is 5.97 Å². The SMILES string of the molecule is CCCCOCCOC(C)CC(=O)OC. The van der Waals surface area contributed by atoms with Gasteiger partial charge >= 0.3 is 5.97 Å². The molecule has 0 spiro atoms. The van der Waals surface area contributed by atoms with E-state index >= 15 is 0 Å². The average Bonchev–Trinajstić information content (AvgIpc) is 2.23. The van der Waals surface area contributed by atoms with Crippen LogP contribution in [0.15, 0.2) is 0 Å².